The van der Waals surface area contributed by atoms with E-state index < -0.39 is 15.9 Å². The normalized spacial score (nSPS) is 17.9. The van der Waals surface area contributed by atoms with E-state index >= 15 is 0 Å². The second kappa shape index (κ2) is 8.64. The van der Waals surface area contributed by atoms with E-state index in [0.29, 0.717) is 11.6 Å². The van der Waals surface area contributed by atoms with Gasteiger partial charge in [-0.05, 0) is 74.1 Å². The van der Waals surface area contributed by atoms with Crippen LogP contribution in [0.3, 0.4) is 0 Å². The summed E-state index contributed by atoms with van der Waals surface area (Å²) >= 11 is 0. The van der Waals surface area contributed by atoms with Crippen LogP contribution in [0.25, 0.3) is 0 Å². The minimum atomic E-state index is -3.59. The first-order valence-electron chi connectivity index (χ1n) is 9.76. The van der Waals surface area contributed by atoms with E-state index in [0.717, 1.165) is 53.1 Å². The van der Waals surface area contributed by atoms with E-state index in [4.69, 9.17) is 0 Å². The van der Waals surface area contributed by atoms with Crippen LogP contribution in [0, 0.1) is 25.2 Å². The molecule has 7 heteroatoms. The second-order valence-electron chi connectivity index (χ2n) is 8.97. The Hall–Kier alpha value is -1.89. The fourth-order valence-corrected chi connectivity index (χ4v) is 4.57. The van der Waals surface area contributed by atoms with Crippen LogP contribution >= 0.6 is 0 Å². The van der Waals surface area contributed by atoms with E-state index in [9.17, 15) is 13.2 Å². The third-order valence-corrected chi connectivity index (χ3v) is 6.45. The third kappa shape index (κ3) is 6.33. The van der Waals surface area contributed by atoms with Gasteiger partial charge in [0.2, 0.25) is 10.0 Å². The SMILES string of the molecule is Cc1cc(C)cc(N(CC(=O)NN=C2CCC(C(C)(C)C)CC2)S(C)(=O)=O)c1. The van der Waals surface area contributed by atoms with Gasteiger partial charge in [-0.3, -0.25) is 9.10 Å². The van der Waals surface area contributed by atoms with Gasteiger partial charge in [0, 0.05) is 5.71 Å². The molecule has 1 amide bonds. The number of amides is 1. The topological polar surface area (TPSA) is 78.8 Å². The number of carbonyl (C=O) groups excluding carboxylic acids is 1. The van der Waals surface area contributed by atoms with E-state index in [-0.39, 0.29) is 12.0 Å². The number of hydrazone groups is 1. The zero-order valence-corrected chi connectivity index (χ0v) is 18.7. The van der Waals surface area contributed by atoms with Crippen LogP contribution in [-0.2, 0) is 14.8 Å². The van der Waals surface area contributed by atoms with Crippen molar-refractivity contribution in [2.45, 2.75) is 60.3 Å². The van der Waals surface area contributed by atoms with Gasteiger partial charge in [-0.15, -0.1) is 0 Å². The van der Waals surface area contributed by atoms with Gasteiger partial charge in [-0.2, -0.15) is 5.10 Å². The molecule has 1 aromatic carbocycles. The van der Waals surface area contributed by atoms with Crippen molar-refractivity contribution in [1.82, 2.24) is 5.43 Å². The first-order valence-corrected chi connectivity index (χ1v) is 11.6. The highest BCUT2D eigenvalue weighted by molar-refractivity contribution is 7.92. The van der Waals surface area contributed by atoms with Crippen LogP contribution in [0.15, 0.2) is 23.3 Å². The van der Waals surface area contributed by atoms with Gasteiger partial charge in [-0.25, -0.2) is 13.8 Å². The van der Waals surface area contributed by atoms with Crippen molar-refractivity contribution < 1.29 is 13.2 Å². The Morgan fingerprint density at radius 2 is 1.68 bits per heavy atom. The summed E-state index contributed by atoms with van der Waals surface area (Å²) in [6.45, 7) is 10.3. The quantitative estimate of drug-likeness (QED) is 0.755. The summed E-state index contributed by atoms with van der Waals surface area (Å²) in [4.78, 5) is 12.4. The standard InChI is InChI=1S/C21H33N3O3S/c1-15-11-16(2)13-19(12-15)24(28(6,26)27)14-20(25)23-22-18-9-7-17(8-10-18)21(3,4)5/h11-13,17H,7-10,14H2,1-6H3,(H,23,25). The highest BCUT2D eigenvalue weighted by Crippen LogP contribution is 2.36. The summed E-state index contributed by atoms with van der Waals surface area (Å²) in [5.74, 6) is 0.225. The molecule has 0 aliphatic heterocycles. The monoisotopic (exact) mass is 407 g/mol. The molecule has 1 aromatic rings. The fraction of sp³-hybridized carbons (Fsp3) is 0.619. The molecule has 1 aliphatic rings. The molecule has 1 N–H and O–H groups in total. The molecular formula is C21H33N3O3S. The first-order chi connectivity index (χ1) is 12.9. The molecule has 0 unspecified atom stereocenters. The molecule has 1 fully saturated rings. The number of nitrogens with one attached hydrogen (secondary N) is 1. The number of carbonyl (C=O) groups is 1. The van der Waals surface area contributed by atoms with Crippen LogP contribution < -0.4 is 9.73 Å². The minimum absolute atomic E-state index is 0.288. The first kappa shape index (κ1) is 22.4. The number of hydrogen-bond donors (Lipinski definition) is 1. The Kier molecular flexibility index (Phi) is 6.91. The summed E-state index contributed by atoms with van der Waals surface area (Å²) in [6.07, 6.45) is 4.98. The number of hydrogen-bond acceptors (Lipinski definition) is 4. The molecule has 0 radical (unpaired) electrons. The molecule has 6 nitrogen and oxygen atoms in total. The summed E-state index contributed by atoms with van der Waals surface area (Å²) in [5.41, 5.74) is 6.20. The van der Waals surface area contributed by atoms with Crippen molar-refractivity contribution in [3.05, 3.63) is 29.3 Å². The maximum absolute atomic E-state index is 12.4. The van der Waals surface area contributed by atoms with E-state index in [1.54, 1.807) is 12.1 Å². The van der Waals surface area contributed by atoms with Gasteiger partial charge in [0.05, 0.1) is 11.9 Å². The van der Waals surface area contributed by atoms with Crippen LogP contribution in [0.1, 0.15) is 57.6 Å². The highest BCUT2D eigenvalue weighted by atomic mass is 32.2. The molecule has 28 heavy (non-hydrogen) atoms. The van der Waals surface area contributed by atoms with Gasteiger partial charge in [0.25, 0.3) is 5.91 Å². The van der Waals surface area contributed by atoms with Gasteiger partial charge in [-0.1, -0.05) is 26.8 Å². The molecular weight excluding hydrogens is 374 g/mol. The smallest absolute Gasteiger partial charge is 0.260 e. The fourth-order valence-electron chi connectivity index (χ4n) is 3.73. The maximum atomic E-state index is 12.4. The largest absolute Gasteiger partial charge is 0.271 e. The minimum Gasteiger partial charge on any atom is -0.271 e. The number of nitrogens with zero attached hydrogens (tertiary/aromatic N) is 2. The molecule has 0 atom stereocenters. The van der Waals surface area contributed by atoms with Crippen molar-refractivity contribution in [2.24, 2.45) is 16.4 Å². The number of aryl methyl sites for hydroxylation is 2. The lowest BCUT2D eigenvalue weighted by Gasteiger charge is -2.34. The molecule has 0 aromatic heterocycles. The average Bonchev–Trinajstić information content (AvgIpc) is 2.55. The van der Waals surface area contributed by atoms with Crippen LogP contribution in [0.4, 0.5) is 5.69 Å². The van der Waals surface area contributed by atoms with Crippen molar-refractivity contribution in [3.8, 4) is 0 Å². The molecule has 0 spiro atoms. The predicted octanol–water partition coefficient (Wildman–Crippen LogP) is 3.78. The molecule has 0 bridgehead atoms. The average molecular weight is 408 g/mol. The Morgan fingerprint density at radius 3 is 2.14 bits per heavy atom. The van der Waals surface area contributed by atoms with Crippen molar-refractivity contribution in [1.29, 1.82) is 0 Å². The van der Waals surface area contributed by atoms with Crippen molar-refractivity contribution in [2.75, 3.05) is 17.1 Å². The molecule has 2 rings (SSSR count). The zero-order chi connectivity index (χ0) is 21.1. The molecule has 1 saturated carbocycles. The van der Waals surface area contributed by atoms with Gasteiger partial charge < -0.3 is 0 Å². The highest BCUT2D eigenvalue weighted by Gasteiger charge is 2.28. The van der Waals surface area contributed by atoms with Crippen molar-refractivity contribution in [3.63, 3.8) is 0 Å². The van der Waals surface area contributed by atoms with Gasteiger partial charge in [0.1, 0.15) is 6.54 Å². The van der Waals surface area contributed by atoms with E-state index in [1.165, 1.54) is 0 Å². The molecule has 156 valence electrons. The Morgan fingerprint density at radius 1 is 1.14 bits per heavy atom. The van der Waals surface area contributed by atoms with Crippen LogP contribution in [0.5, 0.6) is 0 Å². The molecule has 0 heterocycles. The lowest BCUT2D eigenvalue weighted by atomic mass is 9.72. The number of rotatable bonds is 5. The van der Waals surface area contributed by atoms with E-state index in [2.05, 4.69) is 31.3 Å². The summed E-state index contributed by atoms with van der Waals surface area (Å²) in [7, 11) is -3.59. The Labute approximate surface area is 169 Å². The number of sulfonamides is 1. The van der Waals surface area contributed by atoms with Crippen LogP contribution in [-0.4, -0.2) is 32.8 Å². The maximum Gasteiger partial charge on any atom is 0.260 e. The summed E-state index contributed by atoms with van der Waals surface area (Å²) in [5, 5.41) is 4.26. The second-order valence-corrected chi connectivity index (χ2v) is 10.9. The van der Waals surface area contributed by atoms with Gasteiger partial charge in [0.15, 0.2) is 0 Å². The lowest BCUT2D eigenvalue weighted by Crippen LogP contribution is -2.39. The Bertz CT molecular complexity index is 824. The van der Waals surface area contributed by atoms with Crippen LogP contribution in [0.2, 0.25) is 0 Å². The molecule has 1 aliphatic carbocycles. The van der Waals surface area contributed by atoms with Crippen molar-refractivity contribution >= 4 is 27.3 Å². The predicted molar refractivity (Wildman–Crippen MR) is 115 cm³/mol. The Balaban J connectivity index is 2.03. The number of anilines is 1. The summed E-state index contributed by atoms with van der Waals surface area (Å²) in [6, 6.07) is 5.49. The van der Waals surface area contributed by atoms with Gasteiger partial charge >= 0.3 is 0 Å². The van der Waals surface area contributed by atoms with E-state index in [1.807, 2.05) is 19.9 Å². The number of benzene rings is 1. The lowest BCUT2D eigenvalue weighted by molar-refractivity contribution is -0.119. The molecule has 0 saturated heterocycles. The third-order valence-electron chi connectivity index (χ3n) is 5.31. The zero-order valence-electron chi connectivity index (χ0n) is 17.9. The summed E-state index contributed by atoms with van der Waals surface area (Å²) < 4.78 is 25.6.